The van der Waals surface area contributed by atoms with Crippen LogP contribution in [0.25, 0.3) is 0 Å². The van der Waals surface area contributed by atoms with E-state index in [9.17, 15) is 4.79 Å². The van der Waals surface area contributed by atoms with E-state index in [4.69, 9.17) is 0 Å². The van der Waals surface area contributed by atoms with Gasteiger partial charge in [0.05, 0.1) is 17.4 Å². The fourth-order valence-corrected chi connectivity index (χ4v) is 2.46. The highest BCUT2D eigenvalue weighted by Crippen LogP contribution is 2.21. The van der Waals surface area contributed by atoms with Crippen LogP contribution in [0.2, 0.25) is 0 Å². The molecule has 3 aromatic rings. The van der Waals surface area contributed by atoms with Gasteiger partial charge in [-0.2, -0.15) is 0 Å². The number of anilines is 3. The Morgan fingerprint density at radius 3 is 2.50 bits per heavy atom. The summed E-state index contributed by atoms with van der Waals surface area (Å²) in [4.78, 5) is 16.5. The average Bonchev–Trinajstić information content (AvgIpc) is 2.63. The molecule has 1 heterocycles. The molecular weight excluding hydrogens is 298 g/mol. The van der Waals surface area contributed by atoms with Crippen LogP contribution in [0.15, 0.2) is 73.1 Å². The molecule has 0 fully saturated rings. The van der Waals surface area contributed by atoms with Gasteiger partial charge in [0.15, 0.2) is 0 Å². The van der Waals surface area contributed by atoms with Gasteiger partial charge in [0.2, 0.25) is 0 Å². The molecule has 0 aliphatic heterocycles. The number of carbonyl (C=O) groups excluding carboxylic acids is 1. The van der Waals surface area contributed by atoms with E-state index in [2.05, 4.69) is 28.6 Å². The van der Waals surface area contributed by atoms with Crippen LogP contribution in [0.3, 0.4) is 0 Å². The summed E-state index contributed by atoms with van der Waals surface area (Å²) in [5, 5.41) is 6.21. The number of nitrogens with one attached hydrogen (secondary N) is 2. The zero-order valence-corrected chi connectivity index (χ0v) is 13.5. The van der Waals surface area contributed by atoms with Gasteiger partial charge in [0, 0.05) is 17.6 Å². The van der Waals surface area contributed by atoms with Crippen LogP contribution < -0.4 is 10.6 Å². The van der Waals surface area contributed by atoms with Gasteiger partial charge in [-0.3, -0.25) is 9.78 Å². The van der Waals surface area contributed by atoms with Crippen molar-refractivity contribution in [3.63, 3.8) is 0 Å². The third-order valence-electron chi connectivity index (χ3n) is 3.71. The van der Waals surface area contributed by atoms with Crippen LogP contribution in [0.4, 0.5) is 17.1 Å². The van der Waals surface area contributed by atoms with E-state index in [-0.39, 0.29) is 5.91 Å². The van der Waals surface area contributed by atoms with Crippen molar-refractivity contribution in [2.45, 2.75) is 13.3 Å². The van der Waals surface area contributed by atoms with Gasteiger partial charge in [-0.25, -0.2) is 0 Å². The molecule has 2 N–H and O–H groups in total. The SMILES string of the molecule is CCc1ccccc1Nc1cncc(C(=O)Nc2ccccc2)c1. The topological polar surface area (TPSA) is 54.0 Å². The summed E-state index contributed by atoms with van der Waals surface area (Å²) in [7, 11) is 0. The van der Waals surface area contributed by atoms with Crippen molar-refractivity contribution in [3.05, 3.63) is 84.2 Å². The lowest BCUT2D eigenvalue weighted by Crippen LogP contribution is -2.12. The number of pyridine rings is 1. The fraction of sp³-hybridized carbons (Fsp3) is 0.100. The molecule has 24 heavy (non-hydrogen) atoms. The summed E-state index contributed by atoms with van der Waals surface area (Å²) in [5.41, 5.74) is 4.31. The Bertz CT molecular complexity index is 831. The monoisotopic (exact) mass is 317 g/mol. The lowest BCUT2D eigenvalue weighted by Gasteiger charge is -2.11. The number of aryl methyl sites for hydroxylation is 1. The highest BCUT2D eigenvalue weighted by atomic mass is 16.1. The maximum atomic E-state index is 12.4. The minimum atomic E-state index is -0.180. The highest BCUT2D eigenvalue weighted by Gasteiger charge is 2.08. The van der Waals surface area contributed by atoms with Crippen molar-refractivity contribution in [2.24, 2.45) is 0 Å². The molecule has 0 atom stereocenters. The molecule has 3 rings (SSSR count). The number of amides is 1. The van der Waals surface area contributed by atoms with E-state index in [0.29, 0.717) is 5.56 Å². The van der Waals surface area contributed by atoms with E-state index in [1.807, 2.05) is 48.5 Å². The number of aromatic nitrogens is 1. The Kier molecular flexibility index (Phi) is 4.87. The molecule has 0 saturated carbocycles. The minimum Gasteiger partial charge on any atom is -0.354 e. The Morgan fingerprint density at radius 1 is 0.958 bits per heavy atom. The van der Waals surface area contributed by atoms with Crippen LogP contribution in [0, 0.1) is 0 Å². The maximum absolute atomic E-state index is 12.4. The average molecular weight is 317 g/mol. The van der Waals surface area contributed by atoms with Crippen LogP contribution in [0.5, 0.6) is 0 Å². The molecule has 120 valence electrons. The van der Waals surface area contributed by atoms with Crippen LogP contribution in [-0.4, -0.2) is 10.9 Å². The van der Waals surface area contributed by atoms with Crippen molar-refractivity contribution >= 4 is 23.0 Å². The maximum Gasteiger partial charge on any atom is 0.257 e. The Balaban J connectivity index is 1.78. The summed E-state index contributed by atoms with van der Waals surface area (Å²) in [6.07, 6.45) is 4.21. The second kappa shape index (κ2) is 7.42. The first-order valence-corrected chi connectivity index (χ1v) is 7.92. The summed E-state index contributed by atoms with van der Waals surface area (Å²) in [6.45, 7) is 2.11. The summed E-state index contributed by atoms with van der Waals surface area (Å²) in [6, 6.07) is 19.3. The van der Waals surface area contributed by atoms with Gasteiger partial charge in [-0.15, -0.1) is 0 Å². The minimum absolute atomic E-state index is 0.180. The number of para-hydroxylation sites is 2. The van der Waals surface area contributed by atoms with Crippen molar-refractivity contribution in [1.29, 1.82) is 0 Å². The van der Waals surface area contributed by atoms with Gasteiger partial charge in [-0.05, 0) is 36.2 Å². The summed E-state index contributed by atoms with van der Waals surface area (Å²) in [5.74, 6) is -0.180. The first-order valence-electron chi connectivity index (χ1n) is 7.92. The molecule has 0 unspecified atom stereocenters. The van der Waals surface area contributed by atoms with E-state index < -0.39 is 0 Å². The van der Waals surface area contributed by atoms with Crippen LogP contribution >= 0.6 is 0 Å². The molecule has 0 bridgehead atoms. The second-order valence-corrected chi connectivity index (χ2v) is 5.42. The second-order valence-electron chi connectivity index (χ2n) is 5.42. The molecule has 2 aromatic carbocycles. The van der Waals surface area contributed by atoms with Crippen molar-refractivity contribution < 1.29 is 4.79 Å². The fourth-order valence-electron chi connectivity index (χ4n) is 2.46. The molecule has 0 saturated heterocycles. The quantitative estimate of drug-likeness (QED) is 0.721. The zero-order valence-electron chi connectivity index (χ0n) is 13.5. The normalized spacial score (nSPS) is 10.2. The number of hydrogen-bond donors (Lipinski definition) is 2. The first-order chi connectivity index (χ1) is 11.8. The zero-order chi connectivity index (χ0) is 16.8. The lowest BCUT2D eigenvalue weighted by molar-refractivity contribution is 0.102. The van der Waals surface area contributed by atoms with Gasteiger partial charge in [-0.1, -0.05) is 43.3 Å². The van der Waals surface area contributed by atoms with Crippen LogP contribution in [0.1, 0.15) is 22.8 Å². The Labute approximate surface area is 141 Å². The molecule has 1 aromatic heterocycles. The van der Waals surface area contributed by atoms with E-state index in [1.165, 1.54) is 5.56 Å². The summed E-state index contributed by atoms with van der Waals surface area (Å²) >= 11 is 0. The lowest BCUT2D eigenvalue weighted by atomic mass is 10.1. The van der Waals surface area contributed by atoms with Gasteiger partial charge >= 0.3 is 0 Å². The smallest absolute Gasteiger partial charge is 0.257 e. The third-order valence-corrected chi connectivity index (χ3v) is 3.71. The van der Waals surface area contributed by atoms with E-state index in [1.54, 1.807) is 18.5 Å². The Morgan fingerprint density at radius 2 is 1.71 bits per heavy atom. The molecule has 0 aliphatic carbocycles. The molecular formula is C20H19N3O. The van der Waals surface area contributed by atoms with Crippen molar-refractivity contribution in [1.82, 2.24) is 4.98 Å². The molecule has 0 spiro atoms. The standard InChI is InChI=1S/C20H19N3O/c1-2-15-8-6-7-11-19(15)22-18-12-16(13-21-14-18)20(24)23-17-9-4-3-5-10-17/h3-14,22H,2H2,1H3,(H,23,24). The first kappa shape index (κ1) is 15.7. The molecule has 0 aliphatic rings. The predicted molar refractivity (Wildman–Crippen MR) is 97.7 cm³/mol. The molecule has 4 heteroatoms. The molecule has 0 radical (unpaired) electrons. The van der Waals surface area contributed by atoms with E-state index >= 15 is 0 Å². The van der Waals surface area contributed by atoms with Crippen molar-refractivity contribution in [3.8, 4) is 0 Å². The number of rotatable bonds is 5. The number of carbonyl (C=O) groups is 1. The highest BCUT2D eigenvalue weighted by molar-refractivity contribution is 6.04. The molecule has 1 amide bonds. The van der Waals surface area contributed by atoms with Gasteiger partial charge in [0.25, 0.3) is 5.91 Å². The van der Waals surface area contributed by atoms with Crippen molar-refractivity contribution in [2.75, 3.05) is 10.6 Å². The number of hydrogen-bond acceptors (Lipinski definition) is 3. The summed E-state index contributed by atoms with van der Waals surface area (Å²) < 4.78 is 0. The van der Waals surface area contributed by atoms with Gasteiger partial charge < -0.3 is 10.6 Å². The van der Waals surface area contributed by atoms with Crippen LogP contribution in [-0.2, 0) is 6.42 Å². The van der Waals surface area contributed by atoms with Gasteiger partial charge in [0.1, 0.15) is 0 Å². The third kappa shape index (κ3) is 3.79. The number of nitrogens with zero attached hydrogens (tertiary/aromatic N) is 1. The van der Waals surface area contributed by atoms with E-state index in [0.717, 1.165) is 23.5 Å². The number of benzene rings is 2. The Hall–Kier alpha value is -3.14. The molecule has 4 nitrogen and oxygen atoms in total. The largest absolute Gasteiger partial charge is 0.354 e. The predicted octanol–water partition coefficient (Wildman–Crippen LogP) is 4.64.